The number of carbonyl (C=O) groups is 2. The monoisotopic (exact) mass is 409 g/mol. The van der Waals surface area contributed by atoms with Crippen LogP contribution in [0.1, 0.15) is 29.1 Å². The molecule has 3 aromatic rings. The number of carbonyl (C=O) groups excluding carboxylic acids is 2. The molecule has 8 heteroatoms. The smallest absolute Gasteiger partial charge is 0.301 e. The van der Waals surface area contributed by atoms with Gasteiger partial charge in [-0.3, -0.25) is 14.5 Å². The maximum atomic E-state index is 14.7. The lowest BCUT2D eigenvalue weighted by Crippen LogP contribution is -2.29. The van der Waals surface area contributed by atoms with Crippen LogP contribution in [0.15, 0.2) is 60.2 Å². The molecule has 1 fully saturated rings. The van der Waals surface area contributed by atoms with Gasteiger partial charge in [0, 0.05) is 11.1 Å². The molecule has 2 aromatic carbocycles. The zero-order chi connectivity index (χ0) is 20.5. The zero-order valence-electron chi connectivity index (χ0n) is 15.4. The number of aliphatic hydroxyl groups excluding tert-OH is 1. The fraction of sp³-hybridized carbons (Fsp3) is 0.143. The normalized spacial score (nSPS) is 18.4. The van der Waals surface area contributed by atoms with Gasteiger partial charge in [-0.2, -0.15) is 0 Å². The first-order valence-corrected chi connectivity index (χ1v) is 9.77. The van der Waals surface area contributed by atoms with Gasteiger partial charge in [0.25, 0.3) is 5.78 Å². The van der Waals surface area contributed by atoms with Crippen LogP contribution in [0.4, 0.5) is 9.52 Å². The summed E-state index contributed by atoms with van der Waals surface area (Å²) in [6.07, 6.45) is 0.607. The second kappa shape index (κ2) is 7.56. The summed E-state index contributed by atoms with van der Waals surface area (Å²) in [6.45, 7) is 1.89. The van der Waals surface area contributed by atoms with Crippen LogP contribution in [-0.2, 0) is 16.0 Å². The van der Waals surface area contributed by atoms with Crippen LogP contribution in [0.3, 0.4) is 0 Å². The summed E-state index contributed by atoms with van der Waals surface area (Å²) >= 11 is 1.15. The van der Waals surface area contributed by atoms with Crippen molar-refractivity contribution in [1.29, 1.82) is 0 Å². The topological polar surface area (TPSA) is 83.4 Å². The van der Waals surface area contributed by atoms with Crippen LogP contribution in [0.25, 0.3) is 5.76 Å². The molecular weight excluding hydrogens is 393 g/mol. The fourth-order valence-electron chi connectivity index (χ4n) is 3.26. The molecule has 2 heterocycles. The summed E-state index contributed by atoms with van der Waals surface area (Å²) in [7, 11) is 0. The van der Waals surface area contributed by atoms with Crippen molar-refractivity contribution in [2.24, 2.45) is 0 Å². The summed E-state index contributed by atoms with van der Waals surface area (Å²) in [6, 6.07) is 13.1. The van der Waals surface area contributed by atoms with Gasteiger partial charge in [0.05, 0.1) is 5.57 Å². The number of aryl methyl sites for hydroxylation is 1. The van der Waals surface area contributed by atoms with Crippen molar-refractivity contribution < 1.29 is 19.1 Å². The minimum Gasteiger partial charge on any atom is -0.507 e. The number of Topliss-reactive ketones (excluding diaryl/α,β-unsaturated/α-hetero) is 1. The van der Waals surface area contributed by atoms with E-state index >= 15 is 0 Å². The van der Waals surface area contributed by atoms with Gasteiger partial charge in [0.15, 0.2) is 0 Å². The van der Waals surface area contributed by atoms with E-state index in [2.05, 4.69) is 10.2 Å². The maximum Gasteiger partial charge on any atom is 0.301 e. The molecule has 1 atom stereocenters. The van der Waals surface area contributed by atoms with Crippen molar-refractivity contribution in [1.82, 2.24) is 10.2 Å². The van der Waals surface area contributed by atoms with Gasteiger partial charge in [-0.25, -0.2) is 4.39 Å². The molecule has 6 nitrogen and oxygen atoms in total. The van der Waals surface area contributed by atoms with Crippen LogP contribution in [0, 0.1) is 5.82 Å². The van der Waals surface area contributed by atoms with E-state index in [1.807, 2.05) is 6.92 Å². The van der Waals surface area contributed by atoms with Gasteiger partial charge in [-0.1, -0.05) is 66.8 Å². The van der Waals surface area contributed by atoms with Gasteiger partial charge in [0.1, 0.15) is 22.6 Å². The highest BCUT2D eigenvalue weighted by Crippen LogP contribution is 2.43. The lowest BCUT2D eigenvalue weighted by atomic mass is 9.95. The van der Waals surface area contributed by atoms with Gasteiger partial charge < -0.3 is 5.11 Å². The molecule has 0 spiro atoms. The summed E-state index contributed by atoms with van der Waals surface area (Å²) in [5, 5.41) is 19.8. The predicted molar refractivity (Wildman–Crippen MR) is 107 cm³/mol. The molecule has 1 N–H and O–H groups in total. The maximum absolute atomic E-state index is 14.7. The van der Waals surface area contributed by atoms with E-state index in [1.165, 1.54) is 18.2 Å². The van der Waals surface area contributed by atoms with E-state index in [-0.39, 0.29) is 22.0 Å². The van der Waals surface area contributed by atoms with Crippen molar-refractivity contribution in [3.8, 4) is 0 Å². The summed E-state index contributed by atoms with van der Waals surface area (Å²) in [5.41, 5.74) is 0.273. The highest BCUT2D eigenvalue weighted by Gasteiger charge is 2.49. The van der Waals surface area contributed by atoms with Gasteiger partial charge >= 0.3 is 5.91 Å². The van der Waals surface area contributed by atoms with Crippen molar-refractivity contribution in [3.63, 3.8) is 0 Å². The predicted octanol–water partition coefficient (Wildman–Crippen LogP) is 3.87. The standard InChI is InChI=1S/C21H16FN3O3S/c1-2-15-23-24-21(29-15)25-17(13-10-6-7-11-14(13)22)16(19(27)20(25)28)18(26)12-8-4-3-5-9-12/h3-11,17,26H,2H2,1H3/b18-16+. The van der Waals surface area contributed by atoms with Crippen molar-refractivity contribution in [2.45, 2.75) is 19.4 Å². The van der Waals surface area contributed by atoms with E-state index in [4.69, 9.17) is 0 Å². The van der Waals surface area contributed by atoms with Gasteiger partial charge in [-0.15, -0.1) is 10.2 Å². The van der Waals surface area contributed by atoms with Crippen LogP contribution in [0.5, 0.6) is 0 Å². The molecule has 1 unspecified atom stereocenters. The Balaban J connectivity index is 1.96. The number of aromatic nitrogens is 2. The molecule has 29 heavy (non-hydrogen) atoms. The quantitative estimate of drug-likeness (QED) is 0.402. The number of aliphatic hydroxyl groups is 1. The Kier molecular flexibility index (Phi) is 4.94. The highest BCUT2D eigenvalue weighted by atomic mass is 32.1. The van der Waals surface area contributed by atoms with Crippen molar-refractivity contribution >= 4 is 33.9 Å². The van der Waals surface area contributed by atoms with E-state index < -0.39 is 23.5 Å². The molecule has 4 rings (SSSR count). The fourth-order valence-corrected chi connectivity index (χ4v) is 4.06. The molecule has 0 radical (unpaired) electrons. The Morgan fingerprint density at radius 1 is 1.10 bits per heavy atom. The lowest BCUT2D eigenvalue weighted by molar-refractivity contribution is -0.132. The molecule has 0 bridgehead atoms. The Hall–Kier alpha value is -3.39. The number of rotatable bonds is 4. The average Bonchev–Trinajstić information content (AvgIpc) is 3.31. The lowest BCUT2D eigenvalue weighted by Gasteiger charge is -2.22. The molecule has 1 saturated heterocycles. The summed E-state index contributed by atoms with van der Waals surface area (Å²) < 4.78 is 14.7. The first-order valence-electron chi connectivity index (χ1n) is 8.96. The first-order chi connectivity index (χ1) is 14.0. The second-order valence-corrected chi connectivity index (χ2v) is 7.43. The minimum atomic E-state index is -1.14. The number of nitrogens with zero attached hydrogens (tertiary/aromatic N) is 3. The summed E-state index contributed by atoms with van der Waals surface area (Å²) in [4.78, 5) is 26.9. The van der Waals surface area contributed by atoms with Crippen LogP contribution in [0.2, 0.25) is 0 Å². The number of hydrogen-bond donors (Lipinski definition) is 1. The summed E-state index contributed by atoms with van der Waals surface area (Å²) in [5.74, 6) is -2.73. The minimum absolute atomic E-state index is 0.0948. The zero-order valence-corrected chi connectivity index (χ0v) is 16.2. The van der Waals surface area contributed by atoms with Gasteiger partial charge in [0.2, 0.25) is 5.13 Å². The largest absolute Gasteiger partial charge is 0.507 e. The molecule has 1 amide bonds. The number of hydrogen-bond acceptors (Lipinski definition) is 6. The number of anilines is 1. The molecule has 0 aliphatic carbocycles. The number of halogens is 1. The van der Waals surface area contributed by atoms with Crippen LogP contribution < -0.4 is 4.90 Å². The third kappa shape index (κ3) is 3.21. The van der Waals surface area contributed by atoms with Gasteiger partial charge in [-0.05, 0) is 12.5 Å². The third-order valence-electron chi connectivity index (χ3n) is 4.66. The first kappa shape index (κ1) is 18.9. The molecule has 0 saturated carbocycles. The van der Waals surface area contributed by atoms with Crippen LogP contribution >= 0.6 is 11.3 Å². The Morgan fingerprint density at radius 2 is 1.79 bits per heavy atom. The van der Waals surface area contributed by atoms with E-state index in [0.29, 0.717) is 17.0 Å². The number of benzene rings is 2. The Morgan fingerprint density at radius 3 is 2.45 bits per heavy atom. The van der Waals surface area contributed by atoms with Crippen molar-refractivity contribution in [3.05, 3.63) is 82.1 Å². The van der Waals surface area contributed by atoms with Crippen LogP contribution in [-0.4, -0.2) is 27.0 Å². The third-order valence-corrected chi connectivity index (χ3v) is 5.72. The SMILES string of the molecule is CCc1nnc(N2C(=O)C(=O)/C(=C(/O)c3ccccc3)C2c2ccccc2F)s1. The average molecular weight is 409 g/mol. The Labute approximate surface area is 169 Å². The van der Waals surface area contributed by atoms with E-state index in [1.54, 1.807) is 36.4 Å². The molecular formula is C21H16FN3O3S. The number of ketones is 1. The molecule has 1 aliphatic heterocycles. The van der Waals surface area contributed by atoms with E-state index in [9.17, 15) is 19.1 Å². The highest BCUT2D eigenvalue weighted by molar-refractivity contribution is 7.15. The number of amides is 1. The molecule has 1 aromatic heterocycles. The second-order valence-electron chi connectivity index (χ2n) is 6.39. The van der Waals surface area contributed by atoms with E-state index in [0.717, 1.165) is 16.2 Å². The molecule has 146 valence electrons. The van der Waals surface area contributed by atoms with Crippen molar-refractivity contribution in [2.75, 3.05) is 4.90 Å². The molecule has 1 aliphatic rings. The Bertz CT molecular complexity index is 1130.